The molecular weight excluding hydrogens is 502 g/mol. The normalized spacial score (nSPS) is 24.0. The fourth-order valence-corrected chi connectivity index (χ4v) is 4.96. The molecule has 210 valence electrons. The Morgan fingerprint density at radius 3 is 2.59 bits per heavy atom. The number of hydrogen-bond acceptors (Lipinski definition) is 7. The number of nitrogens with one attached hydrogen (secondary N) is 3. The van der Waals surface area contributed by atoms with Gasteiger partial charge in [0.15, 0.2) is 0 Å². The number of nitrogens with zero attached hydrogens (tertiary/aromatic N) is 4. The Morgan fingerprint density at radius 2 is 1.87 bits per heavy atom. The van der Waals surface area contributed by atoms with E-state index in [1.54, 1.807) is 15.8 Å². The highest BCUT2D eigenvalue weighted by Crippen LogP contribution is 2.28. The zero-order valence-electron chi connectivity index (χ0n) is 22.6. The maximum Gasteiger partial charge on any atom is 0.243 e. The lowest BCUT2D eigenvalue weighted by molar-refractivity contribution is -0.140. The van der Waals surface area contributed by atoms with E-state index in [9.17, 15) is 19.2 Å². The third-order valence-corrected chi connectivity index (χ3v) is 7.10. The Balaban J connectivity index is 1.62. The number of carbonyl (C=O) groups is 4. The number of amides is 4. The van der Waals surface area contributed by atoms with Crippen LogP contribution >= 0.6 is 0 Å². The fraction of sp³-hybridized carbons (Fsp3) is 0.556. The Bertz CT molecular complexity index is 1170. The van der Waals surface area contributed by atoms with Crippen molar-refractivity contribution < 1.29 is 23.9 Å². The summed E-state index contributed by atoms with van der Waals surface area (Å²) in [7, 11) is 0. The van der Waals surface area contributed by atoms with Crippen molar-refractivity contribution in [3.05, 3.63) is 47.8 Å². The monoisotopic (exact) mass is 539 g/mol. The molecule has 0 saturated carbocycles. The highest BCUT2D eigenvalue weighted by molar-refractivity contribution is 5.94. The Hall–Kier alpha value is -3.80. The van der Waals surface area contributed by atoms with Gasteiger partial charge in [-0.05, 0) is 18.4 Å². The molecule has 2 aliphatic rings. The summed E-state index contributed by atoms with van der Waals surface area (Å²) in [6, 6.07) is 6.56. The van der Waals surface area contributed by atoms with Crippen LogP contribution in [0.1, 0.15) is 50.9 Å². The van der Waals surface area contributed by atoms with Crippen molar-refractivity contribution in [2.75, 3.05) is 19.8 Å². The molecule has 1 fully saturated rings. The van der Waals surface area contributed by atoms with E-state index in [4.69, 9.17) is 4.74 Å². The van der Waals surface area contributed by atoms with Crippen molar-refractivity contribution in [2.45, 2.75) is 70.7 Å². The molecule has 4 rings (SSSR count). The number of ether oxygens (including phenoxy) is 1. The van der Waals surface area contributed by atoms with Gasteiger partial charge in [0, 0.05) is 26.0 Å². The van der Waals surface area contributed by atoms with Crippen LogP contribution in [0.3, 0.4) is 0 Å². The van der Waals surface area contributed by atoms with Gasteiger partial charge in [-0.15, -0.1) is 5.10 Å². The first-order valence-electron chi connectivity index (χ1n) is 13.5. The van der Waals surface area contributed by atoms with Crippen LogP contribution in [0.4, 0.5) is 0 Å². The molecular formula is C27H37N7O5. The molecule has 0 radical (unpaired) electrons. The lowest BCUT2D eigenvalue weighted by atomic mass is 10.00. The van der Waals surface area contributed by atoms with Crippen LogP contribution in [0.25, 0.3) is 0 Å². The van der Waals surface area contributed by atoms with E-state index in [1.165, 1.54) is 0 Å². The highest BCUT2D eigenvalue weighted by atomic mass is 16.5. The molecule has 2 aliphatic heterocycles. The minimum Gasteiger partial charge on any atom is -0.381 e. The largest absolute Gasteiger partial charge is 0.381 e. The van der Waals surface area contributed by atoms with Crippen molar-refractivity contribution in [1.29, 1.82) is 0 Å². The topological polar surface area (TPSA) is 148 Å². The maximum atomic E-state index is 13.6. The van der Waals surface area contributed by atoms with E-state index < -0.39 is 29.9 Å². The molecule has 1 saturated heterocycles. The minimum absolute atomic E-state index is 0.123. The average molecular weight is 540 g/mol. The lowest BCUT2D eigenvalue weighted by Gasteiger charge is -2.29. The van der Waals surface area contributed by atoms with Crippen LogP contribution in [0, 0.1) is 5.92 Å². The van der Waals surface area contributed by atoms with Crippen molar-refractivity contribution in [3.8, 4) is 0 Å². The summed E-state index contributed by atoms with van der Waals surface area (Å²) in [5.74, 6) is -1.71. The Kier molecular flexibility index (Phi) is 9.28. The first-order valence-corrected chi connectivity index (χ1v) is 13.5. The maximum absolute atomic E-state index is 13.6. The fourth-order valence-electron chi connectivity index (χ4n) is 4.96. The molecule has 12 heteroatoms. The summed E-state index contributed by atoms with van der Waals surface area (Å²) in [4.78, 5) is 54.8. The van der Waals surface area contributed by atoms with Gasteiger partial charge >= 0.3 is 0 Å². The van der Waals surface area contributed by atoms with E-state index in [-0.39, 0.29) is 56.3 Å². The number of hydrogen-bond donors (Lipinski definition) is 3. The predicted molar refractivity (Wildman–Crippen MR) is 141 cm³/mol. The van der Waals surface area contributed by atoms with Crippen molar-refractivity contribution in [3.63, 3.8) is 0 Å². The summed E-state index contributed by atoms with van der Waals surface area (Å²) in [5.41, 5.74) is 1.41. The van der Waals surface area contributed by atoms with Gasteiger partial charge in [-0.25, -0.2) is 4.68 Å². The number of benzene rings is 1. The molecule has 4 amide bonds. The van der Waals surface area contributed by atoms with Gasteiger partial charge in [0.1, 0.15) is 23.8 Å². The number of likely N-dealkylation sites (tertiary alicyclic amines) is 1. The summed E-state index contributed by atoms with van der Waals surface area (Å²) in [6.07, 6.45) is 2.46. The molecule has 3 N–H and O–H groups in total. The summed E-state index contributed by atoms with van der Waals surface area (Å²) < 4.78 is 6.99. The van der Waals surface area contributed by atoms with E-state index >= 15 is 0 Å². The highest BCUT2D eigenvalue weighted by Gasteiger charge is 2.42. The molecule has 12 nitrogen and oxygen atoms in total. The summed E-state index contributed by atoms with van der Waals surface area (Å²) in [5, 5.41) is 17.0. The van der Waals surface area contributed by atoms with Gasteiger partial charge < -0.3 is 25.6 Å². The quantitative estimate of drug-likeness (QED) is 0.430. The zero-order chi connectivity index (χ0) is 27.9. The van der Waals surface area contributed by atoms with Crippen molar-refractivity contribution >= 4 is 23.6 Å². The van der Waals surface area contributed by atoms with E-state index in [0.29, 0.717) is 18.7 Å². The van der Waals surface area contributed by atoms with Crippen LogP contribution in [0.2, 0.25) is 0 Å². The van der Waals surface area contributed by atoms with Gasteiger partial charge in [0.25, 0.3) is 0 Å². The van der Waals surface area contributed by atoms with Crippen LogP contribution in [0.15, 0.2) is 36.5 Å². The first-order chi connectivity index (χ1) is 18.8. The van der Waals surface area contributed by atoms with Crippen LogP contribution in [-0.2, 0) is 36.9 Å². The van der Waals surface area contributed by atoms with Gasteiger partial charge in [-0.1, -0.05) is 49.4 Å². The van der Waals surface area contributed by atoms with Gasteiger partial charge in [-0.3, -0.25) is 19.2 Å². The number of carbonyl (C=O) groups excluding carboxylic acids is 4. The van der Waals surface area contributed by atoms with Crippen molar-refractivity contribution in [1.82, 2.24) is 35.8 Å². The average Bonchev–Trinajstić information content (AvgIpc) is 3.57. The minimum atomic E-state index is -0.898. The summed E-state index contributed by atoms with van der Waals surface area (Å²) in [6.45, 7) is 6.65. The van der Waals surface area contributed by atoms with Crippen LogP contribution in [0.5, 0.6) is 0 Å². The molecule has 3 heterocycles. The molecule has 2 aromatic rings. The molecule has 0 spiro atoms. The summed E-state index contributed by atoms with van der Waals surface area (Å²) >= 11 is 0. The molecule has 39 heavy (non-hydrogen) atoms. The third-order valence-electron chi connectivity index (χ3n) is 7.10. The molecule has 0 aliphatic carbocycles. The number of aromatic nitrogens is 3. The second-order valence-corrected chi connectivity index (χ2v) is 10.3. The first kappa shape index (κ1) is 28.2. The molecule has 0 unspecified atom stereocenters. The lowest BCUT2D eigenvalue weighted by Crippen LogP contribution is -2.58. The van der Waals surface area contributed by atoms with Crippen LogP contribution < -0.4 is 16.0 Å². The van der Waals surface area contributed by atoms with E-state index in [1.807, 2.05) is 51.1 Å². The van der Waals surface area contributed by atoms with E-state index in [2.05, 4.69) is 26.3 Å². The van der Waals surface area contributed by atoms with Gasteiger partial charge in [0.05, 0.1) is 31.8 Å². The molecule has 4 atom stereocenters. The van der Waals surface area contributed by atoms with Crippen LogP contribution in [-0.4, -0.2) is 81.4 Å². The standard InChI is InChI=1S/C27H37N7O5/c1-4-39-11-10-23(35)33-16-20-13-22(33)26(37)30-24(17(2)3)27(38)29-21(12-18-8-6-5-7-9-18)25(36)28-14-19-15-34(20)32-31-19/h5-9,15,17,20-22,24H,4,10-14,16H2,1-3H3,(H,28,36)(H,29,38)(H,30,37)/t20-,21+,22-,24-/m0/s1. The third kappa shape index (κ3) is 6.99. The SMILES string of the molecule is CCOCCC(=O)N1C[C@@H]2C[C@H]1C(=O)N[C@@H](C(C)C)C(=O)N[C@H](Cc1ccccc1)C(=O)NCc1cn2nn1. The second-order valence-electron chi connectivity index (χ2n) is 10.3. The molecule has 1 aromatic carbocycles. The smallest absolute Gasteiger partial charge is 0.243 e. The number of rotatable bonds is 7. The Labute approximate surface area is 227 Å². The van der Waals surface area contributed by atoms with Gasteiger partial charge in [0.2, 0.25) is 23.6 Å². The molecule has 1 aromatic heterocycles. The Morgan fingerprint density at radius 1 is 1.10 bits per heavy atom. The second kappa shape index (κ2) is 12.8. The van der Waals surface area contributed by atoms with E-state index in [0.717, 1.165) is 5.56 Å². The zero-order valence-corrected chi connectivity index (χ0v) is 22.6. The molecule has 4 bridgehead atoms. The number of fused-ring (bicyclic) bond motifs is 5. The predicted octanol–water partition coefficient (Wildman–Crippen LogP) is 0.345. The van der Waals surface area contributed by atoms with Gasteiger partial charge in [-0.2, -0.15) is 0 Å². The van der Waals surface area contributed by atoms with Crippen molar-refractivity contribution in [2.24, 2.45) is 5.92 Å².